The number of nitrogens with one attached hydrogen (secondary N) is 3. The quantitative estimate of drug-likeness (QED) is 0.788. The van der Waals surface area contributed by atoms with Crippen molar-refractivity contribution in [1.29, 1.82) is 0 Å². The van der Waals surface area contributed by atoms with Gasteiger partial charge in [-0.05, 0) is 11.6 Å². The highest BCUT2D eigenvalue weighted by molar-refractivity contribution is 5.90. The summed E-state index contributed by atoms with van der Waals surface area (Å²) in [4.78, 5) is 23.0. The van der Waals surface area contributed by atoms with Crippen LogP contribution in [0.2, 0.25) is 0 Å². The number of rotatable bonds is 4. The van der Waals surface area contributed by atoms with Crippen LogP contribution >= 0.6 is 0 Å². The molecule has 2 rings (SSSR count). The Morgan fingerprint density at radius 2 is 1.96 bits per heavy atom. The Morgan fingerprint density at radius 3 is 2.52 bits per heavy atom. The molecule has 1 aliphatic rings. The minimum atomic E-state index is -4.41. The fourth-order valence-electron chi connectivity index (χ4n) is 2.26. The van der Waals surface area contributed by atoms with Gasteiger partial charge in [-0.15, -0.1) is 0 Å². The predicted molar refractivity (Wildman–Crippen MR) is 77.8 cm³/mol. The second kappa shape index (κ2) is 6.10. The van der Waals surface area contributed by atoms with Crippen molar-refractivity contribution in [2.45, 2.75) is 31.5 Å². The van der Waals surface area contributed by atoms with Crippen molar-refractivity contribution >= 4 is 11.9 Å². The van der Waals surface area contributed by atoms with Gasteiger partial charge in [-0.2, -0.15) is 13.2 Å². The number of halogens is 3. The largest absolute Gasteiger partial charge is 0.416 e. The van der Waals surface area contributed by atoms with Gasteiger partial charge in [0.15, 0.2) is 0 Å². The predicted octanol–water partition coefficient (Wildman–Crippen LogP) is 1.78. The highest BCUT2D eigenvalue weighted by atomic mass is 19.4. The van der Waals surface area contributed by atoms with Crippen LogP contribution in [0.1, 0.15) is 25.0 Å². The average Bonchev–Trinajstić information content (AvgIpc) is 2.91. The van der Waals surface area contributed by atoms with Crippen LogP contribution in [0.5, 0.6) is 0 Å². The second-order valence-electron chi connectivity index (χ2n) is 6.09. The van der Waals surface area contributed by atoms with Crippen LogP contribution in [0.4, 0.5) is 18.0 Å². The lowest BCUT2D eigenvalue weighted by molar-refractivity contribution is -0.137. The molecule has 1 aromatic rings. The molecule has 0 radical (unpaired) electrons. The van der Waals surface area contributed by atoms with Gasteiger partial charge in [0.25, 0.3) is 0 Å². The molecule has 5 nitrogen and oxygen atoms in total. The van der Waals surface area contributed by atoms with Crippen molar-refractivity contribution < 1.29 is 22.8 Å². The highest BCUT2D eigenvalue weighted by Gasteiger charge is 2.33. The van der Waals surface area contributed by atoms with Crippen molar-refractivity contribution in [2.75, 3.05) is 13.1 Å². The first-order chi connectivity index (χ1) is 10.6. The van der Waals surface area contributed by atoms with E-state index < -0.39 is 29.2 Å². The van der Waals surface area contributed by atoms with E-state index in [4.69, 9.17) is 0 Å². The molecule has 0 saturated carbocycles. The number of carbonyl (C=O) groups excluding carboxylic acids is 2. The van der Waals surface area contributed by atoms with Gasteiger partial charge in [0.2, 0.25) is 5.91 Å². The van der Waals surface area contributed by atoms with E-state index in [2.05, 4.69) is 16.0 Å². The Balaban J connectivity index is 2.04. The van der Waals surface area contributed by atoms with E-state index in [-0.39, 0.29) is 19.0 Å². The van der Waals surface area contributed by atoms with Gasteiger partial charge in [0.05, 0.1) is 5.56 Å². The maximum atomic E-state index is 12.8. The lowest BCUT2D eigenvalue weighted by Crippen LogP contribution is -2.46. The Bertz CT molecular complexity index is 614. The Kier molecular flexibility index (Phi) is 4.53. The van der Waals surface area contributed by atoms with Gasteiger partial charge >= 0.3 is 12.2 Å². The van der Waals surface area contributed by atoms with E-state index in [1.807, 2.05) is 0 Å². The van der Waals surface area contributed by atoms with Gasteiger partial charge < -0.3 is 16.0 Å². The number of alkyl halides is 3. The van der Waals surface area contributed by atoms with E-state index in [9.17, 15) is 22.8 Å². The third kappa shape index (κ3) is 4.14. The first-order valence-corrected chi connectivity index (χ1v) is 7.09. The summed E-state index contributed by atoms with van der Waals surface area (Å²) in [6, 6.07) is 3.97. The van der Waals surface area contributed by atoms with Crippen LogP contribution in [0.3, 0.4) is 0 Å². The molecular formula is C15H18F3N3O2. The second-order valence-corrected chi connectivity index (χ2v) is 6.09. The van der Waals surface area contributed by atoms with Crippen molar-refractivity contribution in [2.24, 2.45) is 0 Å². The van der Waals surface area contributed by atoms with E-state index in [1.165, 1.54) is 6.07 Å². The van der Waals surface area contributed by atoms with Crippen LogP contribution in [0.25, 0.3) is 0 Å². The number of hydrogen-bond donors (Lipinski definition) is 3. The molecular weight excluding hydrogens is 311 g/mol. The molecule has 0 aromatic heterocycles. The number of carbonyl (C=O) groups is 2. The van der Waals surface area contributed by atoms with Crippen molar-refractivity contribution in [3.63, 3.8) is 0 Å². The summed E-state index contributed by atoms with van der Waals surface area (Å²) >= 11 is 0. The lowest BCUT2D eigenvalue weighted by Gasteiger charge is -2.27. The third-order valence-electron chi connectivity index (χ3n) is 3.76. The zero-order chi connectivity index (χ0) is 17.3. The minimum absolute atomic E-state index is 0.152. The van der Waals surface area contributed by atoms with Crippen LogP contribution in [-0.4, -0.2) is 31.1 Å². The summed E-state index contributed by atoms with van der Waals surface area (Å²) in [6.07, 6.45) is -4.41. The molecule has 0 aliphatic carbocycles. The smallest absolute Gasteiger partial charge is 0.353 e. The molecule has 0 spiro atoms. The molecule has 23 heavy (non-hydrogen) atoms. The number of benzene rings is 1. The molecule has 3 amide bonds. The van der Waals surface area contributed by atoms with Crippen molar-refractivity contribution in [1.82, 2.24) is 16.0 Å². The summed E-state index contributed by atoms with van der Waals surface area (Å²) in [5.41, 5.74) is -0.935. The van der Waals surface area contributed by atoms with E-state index in [0.29, 0.717) is 5.56 Å². The van der Waals surface area contributed by atoms with Gasteiger partial charge in [0.1, 0.15) is 6.04 Å². The topological polar surface area (TPSA) is 70.2 Å². The molecule has 8 heteroatoms. The summed E-state index contributed by atoms with van der Waals surface area (Å²) in [5, 5.41) is 7.58. The molecule has 0 unspecified atom stereocenters. The molecule has 126 valence electrons. The molecule has 3 N–H and O–H groups in total. The lowest BCUT2D eigenvalue weighted by atomic mass is 9.83. The average molecular weight is 329 g/mol. The molecule has 1 fully saturated rings. The minimum Gasteiger partial charge on any atom is -0.353 e. The van der Waals surface area contributed by atoms with Crippen LogP contribution < -0.4 is 16.0 Å². The summed E-state index contributed by atoms with van der Waals surface area (Å²) in [7, 11) is 0. The summed E-state index contributed by atoms with van der Waals surface area (Å²) in [5.74, 6) is -0.372. The molecule has 1 atom stereocenters. The zero-order valence-electron chi connectivity index (χ0n) is 12.8. The number of urea groups is 1. The summed E-state index contributed by atoms with van der Waals surface area (Å²) in [6.45, 7) is 3.83. The third-order valence-corrected chi connectivity index (χ3v) is 3.76. The fourth-order valence-corrected chi connectivity index (χ4v) is 2.26. The monoisotopic (exact) mass is 329 g/mol. The standard InChI is InChI=1S/C15H18F3N3O2/c1-14(2,8-20-12(22)11-7-19-13(23)21-11)9-4-3-5-10(6-9)15(16,17)18/h3-6,11H,7-8H2,1-2H3,(H,20,22)(H2,19,21,23)/t11-/m0/s1. The van der Waals surface area contributed by atoms with Gasteiger partial charge in [-0.3, -0.25) is 4.79 Å². The summed E-state index contributed by atoms with van der Waals surface area (Å²) < 4.78 is 38.4. The molecule has 1 saturated heterocycles. The zero-order valence-corrected chi connectivity index (χ0v) is 12.8. The number of hydrogen-bond acceptors (Lipinski definition) is 2. The van der Waals surface area contributed by atoms with Gasteiger partial charge in [0, 0.05) is 18.5 Å². The Labute approximate surface area is 131 Å². The van der Waals surface area contributed by atoms with Crippen molar-refractivity contribution in [3.8, 4) is 0 Å². The van der Waals surface area contributed by atoms with E-state index in [0.717, 1.165) is 12.1 Å². The van der Waals surface area contributed by atoms with Crippen LogP contribution in [0, 0.1) is 0 Å². The normalized spacial score (nSPS) is 18.3. The Hall–Kier alpha value is -2.25. The molecule has 1 aliphatic heterocycles. The molecule has 1 heterocycles. The van der Waals surface area contributed by atoms with Crippen molar-refractivity contribution in [3.05, 3.63) is 35.4 Å². The van der Waals surface area contributed by atoms with Crippen LogP contribution in [0.15, 0.2) is 24.3 Å². The fraction of sp³-hybridized carbons (Fsp3) is 0.467. The van der Waals surface area contributed by atoms with E-state index >= 15 is 0 Å². The van der Waals surface area contributed by atoms with E-state index in [1.54, 1.807) is 19.9 Å². The maximum Gasteiger partial charge on any atom is 0.416 e. The number of amides is 3. The van der Waals surface area contributed by atoms with Gasteiger partial charge in [-0.25, -0.2) is 4.79 Å². The molecule has 0 bridgehead atoms. The highest BCUT2D eigenvalue weighted by Crippen LogP contribution is 2.32. The first-order valence-electron chi connectivity index (χ1n) is 7.09. The van der Waals surface area contributed by atoms with Gasteiger partial charge in [-0.1, -0.05) is 32.0 Å². The SMILES string of the molecule is CC(C)(CNC(=O)[C@@H]1CNC(=O)N1)c1cccc(C(F)(F)F)c1. The Morgan fingerprint density at radius 1 is 1.30 bits per heavy atom. The van der Waals surface area contributed by atoms with Crippen LogP contribution in [-0.2, 0) is 16.4 Å². The first kappa shape index (κ1) is 17.1. The maximum absolute atomic E-state index is 12.8. The molecule has 1 aromatic carbocycles.